The Hall–Kier alpha value is -3.32. The lowest BCUT2D eigenvalue weighted by molar-refractivity contribution is 0.403. The van der Waals surface area contributed by atoms with Gasteiger partial charge in [-0.15, -0.1) is 0 Å². The predicted molar refractivity (Wildman–Crippen MR) is 147 cm³/mol. The molecular formula is C33H35N. The van der Waals surface area contributed by atoms with Crippen molar-refractivity contribution in [3.8, 4) is 11.1 Å². The van der Waals surface area contributed by atoms with Crippen LogP contribution in [0.1, 0.15) is 56.4 Å². The second-order valence-electron chi connectivity index (χ2n) is 11.2. The minimum Gasteiger partial charge on any atom is -0.310 e. The zero-order chi connectivity index (χ0) is 24.1. The summed E-state index contributed by atoms with van der Waals surface area (Å²) in [7, 11) is 0. The lowest BCUT2D eigenvalue weighted by Crippen LogP contribution is -2.17. The summed E-state index contributed by atoms with van der Waals surface area (Å²) >= 11 is 0. The van der Waals surface area contributed by atoms with Gasteiger partial charge in [-0.3, -0.25) is 0 Å². The highest BCUT2D eigenvalue weighted by atomic mass is 15.1. The van der Waals surface area contributed by atoms with E-state index >= 15 is 0 Å². The highest BCUT2D eigenvalue weighted by Gasteiger charge is 2.41. The maximum atomic E-state index is 2.43. The van der Waals surface area contributed by atoms with Crippen molar-refractivity contribution in [1.29, 1.82) is 0 Å². The Kier molecular flexibility index (Phi) is 5.40. The number of para-hydroxylation sites is 2. The molecule has 0 N–H and O–H groups in total. The number of benzene rings is 4. The number of nitrogens with zero attached hydrogens (tertiary/aromatic N) is 1. The largest absolute Gasteiger partial charge is 0.310 e. The van der Waals surface area contributed by atoms with Crippen molar-refractivity contribution < 1.29 is 0 Å². The van der Waals surface area contributed by atoms with E-state index in [1.165, 1.54) is 56.9 Å². The normalized spacial score (nSPS) is 15.7. The van der Waals surface area contributed by atoms with E-state index in [-0.39, 0.29) is 10.8 Å². The van der Waals surface area contributed by atoms with E-state index in [9.17, 15) is 0 Å². The van der Waals surface area contributed by atoms with Crippen LogP contribution in [-0.4, -0.2) is 0 Å². The molecule has 4 aromatic rings. The zero-order valence-electron chi connectivity index (χ0n) is 21.3. The number of rotatable bonds is 4. The van der Waals surface area contributed by atoms with E-state index < -0.39 is 0 Å². The second-order valence-corrected chi connectivity index (χ2v) is 11.2. The molecule has 0 saturated carbocycles. The summed E-state index contributed by atoms with van der Waals surface area (Å²) in [5, 5.41) is 0. The van der Waals surface area contributed by atoms with Gasteiger partial charge in [-0.05, 0) is 88.7 Å². The Morgan fingerprint density at radius 1 is 0.559 bits per heavy atom. The van der Waals surface area contributed by atoms with Gasteiger partial charge in [0, 0.05) is 17.1 Å². The molecule has 0 unspecified atom stereocenters. The Morgan fingerprint density at radius 2 is 1.06 bits per heavy atom. The van der Waals surface area contributed by atoms with Crippen molar-refractivity contribution in [1.82, 2.24) is 0 Å². The Balaban J connectivity index is 1.57. The number of anilines is 3. The predicted octanol–water partition coefficient (Wildman–Crippen LogP) is 9.40. The molecule has 0 fully saturated rings. The molecule has 1 heteroatoms. The third kappa shape index (κ3) is 3.84. The molecule has 0 saturated heterocycles. The van der Waals surface area contributed by atoms with E-state index in [1.807, 2.05) is 0 Å². The number of fused-ring (bicyclic) bond motifs is 1. The molecule has 5 rings (SSSR count). The fourth-order valence-corrected chi connectivity index (χ4v) is 6.01. The first-order chi connectivity index (χ1) is 16.2. The lowest BCUT2D eigenvalue weighted by Gasteiger charge is -2.28. The van der Waals surface area contributed by atoms with Gasteiger partial charge in [-0.25, -0.2) is 0 Å². The second kappa shape index (κ2) is 8.17. The Labute approximate surface area is 205 Å². The summed E-state index contributed by atoms with van der Waals surface area (Å²) in [6.07, 6.45) is 1.19. The van der Waals surface area contributed by atoms with E-state index in [0.29, 0.717) is 0 Å². The molecule has 1 nitrogen and oxygen atoms in total. The topological polar surface area (TPSA) is 3.24 Å². The van der Waals surface area contributed by atoms with Gasteiger partial charge in [-0.2, -0.15) is 0 Å². The third-order valence-corrected chi connectivity index (χ3v) is 7.53. The summed E-state index contributed by atoms with van der Waals surface area (Å²) < 4.78 is 0. The van der Waals surface area contributed by atoms with Gasteiger partial charge in [-0.1, -0.05) is 94.4 Å². The van der Waals surface area contributed by atoms with E-state index in [2.05, 4.69) is 137 Å². The van der Waals surface area contributed by atoms with Gasteiger partial charge in [0.15, 0.2) is 0 Å². The summed E-state index contributed by atoms with van der Waals surface area (Å²) in [6.45, 7) is 13.9. The molecule has 0 aliphatic heterocycles. The van der Waals surface area contributed by atoms with Crippen LogP contribution in [0.4, 0.5) is 17.1 Å². The molecule has 0 radical (unpaired) electrons. The maximum absolute atomic E-state index is 2.43. The first-order valence-corrected chi connectivity index (χ1v) is 12.3. The van der Waals surface area contributed by atoms with Gasteiger partial charge >= 0.3 is 0 Å². The molecular weight excluding hydrogens is 410 g/mol. The Morgan fingerprint density at radius 3 is 1.62 bits per heavy atom. The van der Waals surface area contributed by atoms with Crippen LogP contribution in [0.2, 0.25) is 0 Å². The fraction of sp³-hybridized carbons (Fsp3) is 0.273. The first-order valence-electron chi connectivity index (χ1n) is 12.3. The van der Waals surface area contributed by atoms with Crippen LogP contribution in [0.15, 0.2) is 91.0 Å². The minimum atomic E-state index is 0.210. The molecule has 0 atom stereocenters. The minimum absolute atomic E-state index is 0.210. The number of hydrogen-bond acceptors (Lipinski definition) is 1. The van der Waals surface area contributed by atoms with Crippen molar-refractivity contribution in [3.63, 3.8) is 0 Å². The quantitative estimate of drug-likeness (QED) is 0.302. The summed E-state index contributed by atoms with van der Waals surface area (Å²) in [5.41, 5.74) is 12.1. The molecule has 0 amide bonds. The van der Waals surface area contributed by atoms with E-state index in [4.69, 9.17) is 0 Å². The summed E-state index contributed by atoms with van der Waals surface area (Å²) in [4.78, 5) is 2.38. The fourth-order valence-electron chi connectivity index (χ4n) is 6.01. The standard InChI is InChI=1S/C33H35N/c1-23-11-7-9-13-30(23)34(31-14-10-8-12-24(31)2)27-18-15-25(16-19-27)26-17-20-28-29(21-26)33(5,6)22-32(28,3)4/h7-21H,22H2,1-6H3. The summed E-state index contributed by atoms with van der Waals surface area (Å²) in [5.74, 6) is 0. The Bertz CT molecular complexity index is 1300. The average molecular weight is 446 g/mol. The van der Waals surface area contributed by atoms with Gasteiger partial charge in [0.2, 0.25) is 0 Å². The third-order valence-electron chi connectivity index (χ3n) is 7.53. The van der Waals surface area contributed by atoms with Gasteiger partial charge in [0.25, 0.3) is 0 Å². The SMILES string of the molecule is Cc1ccccc1N(c1ccc(-c2ccc3c(c2)C(C)(C)CC3(C)C)cc1)c1ccccc1C. The van der Waals surface area contributed by atoms with Gasteiger partial charge in [0.05, 0.1) is 0 Å². The molecule has 0 spiro atoms. The van der Waals surface area contributed by atoms with Crippen LogP contribution in [0.25, 0.3) is 11.1 Å². The number of hydrogen-bond donors (Lipinski definition) is 0. The van der Waals surface area contributed by atoms with Crippen molar-refractivity contribution in [2.45, 2.75) is 58.8 Å². The lowest BCUT2D eigenvalue weighted by atomic mass is 9.82. The highest BCUT2D eigenvalue weighted by Crippen LogP contribution is 2.50. The van der Waals surface area contributed by atoms with Crippen molar-refractivity contribution in [2.75, 3.05) is 4.90 Å². The van der Waals surface area contributed by atoms with Gasteiger partial charge in [0.1, 0.15) is 0 Å². The van der Waals surface area contributed by atoms with Crippen LogP contribution in [0, 0.1) is 13.8 Å². The molecule has 0 aromatic heterocycles. The van der Waals surface area contributed by atoms with Crippen LogP contribution in [0.5, 0.6) is 0 Å². The smallest absolute Gasteiger partial charge is 0.0490 e. The zero-order valence-corrected chi connectivity index (χ0v) is 21.3. The molecule has 4 aromatic carbocycles. The van der Waals surface area contributed by atoms with E-state index in [1.54, 1.807) is 0 Å². The van der Waals surface area contributed by atoms with Crippen LogP contribution >= 0.6 is 0 Å². The summed E-state index contributed by atoms with van der Waals surface area (Å²) in [6, 6.07) is 33.4. The van der Waals surface area contributed by atoms with Crippen molar-refractivity contribution in [2.24, 2.45) is 0 Å². The van der Waals surface area contributed by atoms with Crippen LogP contribution < -0.4 is 4.90 Å². The number of aryl methyl sites for hydroxylation is 2. The highest BCUT2D eigenvalue weighted by molar-refractivity contribution is 5.81. The first kappa shape index (κ1) is 22.5. The molecule has 0 heterocycles. The molecule has 172 valence electrons. The van der Waals surface area contributed by atoms with Crippen molar-refractivity contribution >= 4 is 17.1 Å². The van der Waals surface area contributed by atoms with Crippen LogP contribution in [0.3, 0.4) is 0 Å². The molecule has 34 heavy (non-hydrogen) atoms. The van der Waals surface area contributed by atoms with Crippen LogP contribution in [-0.2, 0) is 10.8 Å². The average Bonchev–Trinajstić information content (AvgIpc) is 3.00. The molecule has 0 bridgehead atoms. The van der Waals surface area contributed by atoms with Crippen molar-refractivity contribution in [3.05, 3.63) is 113 Å². The molecule has 1 aliphatic rings. The van der Waals surface area contributed by atoms with Gasteiger partial charge < -0.3 is 4.90 Å². The monoisotopic (exact) mass is 445 g/mol. The molecule has 1 aliphatic carbocycles. The maximum Gasteiger partial charge on any atom is 0.0490 e. The van der Waals surface area contributed by atoms with E-state index in [0.717, 1.165) is 0 Å².